The van der Waals surface area contributed by atoms with Gasteiger partial charge in [0.25, 0.3) is 0 Å². The first-order valence-electron chi connectivity index (χ1n) is 7.76. The molecular weight excluding hydrogens is 268 g/mol. The number of nitrogens with two attached hydrogens (primary N) is 1. The molecule has 2 heterocycles. The van der Waals surface area contributed by atoms with Crippen LogP contribution in [-0.2, 0) is 11.2 Å². The molecule has 1 aromatic heterocycles. The first-order valence-corrected chi connectivity index (χ1v) is 8.64. The van der Waals surface area contributed by atoms with Crippen LogP contribution in [0.3, 0.4) is 0 Å². The average Bonchev–Trinajstić information content (AvgIpc) is 2.97. The molecule has 1 fully saturated rings. The minimum atomic E-state index is 0.189. The summed E-state index contributed by atoms with van der Waals surface area (Å²) in [5.74, 6) is 0. The van der Waals surface area contributed by atoms with Gasteiger partial charge in [0.2, 0.25) is 0 Å². The highest BCUT2D eigenvalue weighted by atomic mass is 32.1. The van der Waals surface area contributed by atoms with E-state index in [0.29, 0.717) is 12.1 Å². The number of rotatable bonds is 3. The van der Waals surface area contributed by atoms with Gasteiger partial charge in [-0.05, 0) is 56.0 Å². The van der Waals surface area contributed by atoms with Gasteiger partial charge in [-0.15, -0.1) is 11.3 Å². The molecule has 1 unspecified atom stereocenters. The Morgan fingerprint density at radius 3 is 2.85 bits per heavy atom. The molecule has 4 heteroatoms. The number of thiophene rings is 1. The number of nitrogens with zero attached hydrogens (tertiary/aromatic N) is 1. The maximum Gasteiger partial charge on any atom is 0.0572 e. The van der Waals surface area contributed by atoms with Crippen molar-refractivity contribution in [1.82, 2.24) is 4.90 Å². The largest absolute Gasteiger partial charge is 0.381 e. The Morgan fingerprint density at radius 2 is 2.20 bits per heavy atom. The molecule has 2 aliphatic rings. The molecular formula is C16H26N2OS. The SMILES string of the molecule is COC1CCC(CN)(N2CCc3sccc3C2C)CC1. The molecule has 1 aliphatic carbocycles. The zero-order valence-electron chi connectivity index (χ0n) is 12.6. The van der Waals surface area contributed by atoms with Crippen molar-refractivity contribution in [2.45, 2.75) is 56.7 Å². The lowest BCUT2D eigenvalue weighted by Gasteiger charge is -2.51. The Balaban J connectivity index is 1.81. The Hall–Kier alpha value is -0.420. The molecule has 0 aromatic carbocycles. The molecule has 0 radical (unpaired) electrons. The molecule has 1 aromatic rings. The summed E-state index contributed by atoms with van der Waals surface area (Å²) >= 11 is 1.91. The molecule has 0 spiro atoms. The molecule has 1 saturated carbocycles. The Bertz CT molecular complexity index is 451. The molecule has 1 aliphatic heterocycles. The van der Waals surface area contributed by atoms with E-state index in [1.165, 1.54) is 24.8 Å². The Labute approximate surface area is 126 Å². The van der Waals surface area contributed by atoms with Gasteiger partial charge in [-0.3, -0.25) is 4.90 Å². The van der Waals surface area contributed by atoms with Gasteiger partial charge >= 0.3 is 0 Å². The standard InChI is InChI=1S/C16H26N2OS/c1-12-14-6-10-20-15(14)5-9-18(12)16(11-17)7-3-13(19-2)4-8-16/h6,10,12-13H,3-5,7-9,11,17H2,1-2H3. The van der Waals surface area contributed by atoms with Crippen molar-refractivity contribution < 1.29 is 4.74 Å². The third kappa shape index (κ3) is 2.33. The third-order valence-corrected chi connectivity index (χ3v) is 6.46. The summed E-state index contributed by atoms with van der Waals surface area (Å²) in [6.07, 6.45) is 6.26. The molecule has 3 rings (SSSR count). The molecule has 20 heavy (non-hydrogen) atoms. The van der Waals surface area contributed by atoms with E-state index in [0.717, 1.165) is 25.9 Å². The van der Waals surface area contributed by atoms with Crippen LogP contribution in [0.4, 0.5) is 0 Å². The zero-order valence-corrected chi connectivity index (χ0v) is 13.4. The number of methoxy groups -OCH3 is 1. The normalized spacial score (nSPS) is 35.0. The van der Waals surface area contributed by atoms with Crippen LogP contribution in [0, 0.1) is 0 Å². The molecule has 1 atom stereocenters. The van der Waals surface area contributed by atoms with Gasteiger partial charge in [-0.2, -0.15) is 0 Å². The third-order valence-electron chi connectivity index (χ3n) is 5.46. The average molecular weight is 294 g/mol. The second-order valence-corrected chi connectivity index (χ2v) is 7.28. The van der Waals surface area contributed by atoms with Crippen LogP contribution in [0.2, 0.25) is 0 Å². The fraction of sp³-hybridized carbons (Fsp3) is 0.750. The van der Waals surface area contributed by atoms with Gasteiger partial charge in [-0.1, -0.05) is 0 Å². The van der Waals surface area contributed by atoms with Crippen LogP contribution in [0.25, 0.3) is 0 Å². The van der Waals surface area contributed by atoms with E-state index in [1.54, 1.807) is 4.88 Å². The topological polar surface area (TPSA) is 38.5 Å². The van der Waals surface area contributed by atoms with E-state index in [-0.39, 0.29) is 5.54 Å². The van der Waals surface area contributed by atoms with E-state index >= 15 is 0 Å². The van der Waals surface area contributed by atoms with Crippen LogP contribution >= 0.6 is 11.3 Å². The van der Waals surface area contributed by atoms with E-state index < -0.39 is 0 Å². The van der Waals surface area contributed by atoms with E-state index in [2.05, 4.69) is 23.3 Å². The number of ether oxygens (including phenoxy) is 1. The molecule has 0 amide bonds. The lowest BCUT2D eigenvalue weighted by molar-refractivity contribution is -0.0266. The summed E-state index contributed by atoms with van der Waals surface area (Å²) < 4.78 is 5.53. The highest BCUT2D eigenvalue weighted by molar-refractivity contribution is 7.10. The highest BCUT2D eigenvalue weighted by Gasteiger charge is 2.43. The van der Waals surface area contributed by atoms with E-state index in [1.807, 2.05) is 18.4 Å². The van der Waals surface area contributed by atoms with Crippen molar-refractivity contribution in [2.24, 2.45) is 5.73 Å². The van der Waals surface area contributed by atoms with Crippen molar-refractivity contribution in [3.05, 3.63) is 21.9 Å². The van der Waals surface area contributed by atoms with Gasteiger partial charge in [0, 0.05) is 36.7 Å². The fourth-order valence-electron chi connectivity index (χ4n) is 4.13. The summed E-state index contributed by atoms with van der Waals surface area (Å²) in [4.78, 5) is 4.26. The quantitative estimate of drug-likeness (QED) is 0.931. The minimum Gasteiger partial charge on any atom is -0.381 e. The van der Waals surface area contributed by atoms with Gasteiger partial charge in [-0.25, -0.2) is 0 Å². The summed E-state index contributed by atoms with van der Waals surface area (Å²) in [5, 5.41) is 2.24. The number of hydrogen-bond acceptors (Lipinski definition) is 4. The van der Waals surface area contributed by atoms with Crippen LogP contribution in [-0.4, -0.2) is 36.7 Å². The van der Waals surface area contributed by atoms with Crippen molar-refractivity contribution in [3.63, 3.8) is 0 Å². The Morgan fingerprint density at radius 1 is 1.45 bits per heavy atom. The first kappa shape index (κ1) is 14.5. The molecule has 3 nitrogen and oxygen atoms in total. The van der Waals surface area contributed by atoms with Crippen LogP contribution in [0.15, 0.2) is 11.4 Å². The maximum atomic E-state index is 6.23. The van der Waals surface area contributed by atoms with Gasteiger partial charge in [0.15, 0.2) is 0 Å². The number of fused-ring (bicyclic) bond motifs is 1. The van der Waals surface area contributed by atoms with Crippen molar-refractivity contribution in [3.8, 4) is 0 Å². The summed E-state index contributed by atoms with van der Waals surface area (Å²) in [6.45, 7) is 4.28. The van der Waals surface area contributed by atoms with Crippen molar-refractivity contribution >= 4 is 11.3 Å². The van der Waals surface area contributed by atoms with Gasteiger partial charge in [0.05, 0.1) is 6.10 Å². The van der Waals surface area contributed by atoms with Crippen LogP contribution < -0.4 is 5.73 Å². The number of hydrogen-bond donors (Lipinski definition) is 1. The lowest BCUT2D eigenvalue weighted by atomic mass is 9.77. The lowest BCUT2D eigenvalue weighted by Crippen LogP contribution is -2.58. The van der Waals surface area contributed by atoms with Gasteiger partial charge in [0.1, 0.15) is 0 Å². The van der Waals surface area contributed by atoms with E-state index in [9.17, 15) is 0 Å². The maximum absolute atomic E-state index is 6.23. The first-order chi connectivity index (χ1) is 9.70. The molecule has 2 N–H and O–H groups in total. The van der Waals surface area contributed by atoms with Crippen LogP contribution in [0.1, 0.15) is 49.1 Å². The van der Waals surface area contributed by atoms with Crippen molar-refractivity contribution in [1.29, 1.82) is 0 Å². The second-order valence-electron chi connectivity index (χ2n) is 6.28. The summed E-state index contributed by atoms with van der Waals surface area (Å²) in [7, 11) is 1.83. The highest BCUT2D eigenvalue weighted by Crippen LogP contribution is 2.42. The van der Waals surface area contributed by atoms with E-state index in [4.69, 9.17) is 10.5 Å². The van der Waals surface area contributed by atoms with Gasteiger partial charge < -0.3 is 10.5 Å². The molecule has 112 valence electrons. The second kappa shape index (κ2) is 5.76. The molecule has 0 saturated heterocycles. The van der Waals surface area contributed by atoms with Crippen LogP contribution in [0.5, 0.6) is 0 Å². The minimum absolute atomic E-state index is 0.189. The molecule has 0 bridgehead atoms. The van der Waals surface area contributed by atoms with Crippen molar-refractivity contribution in [2.75, 3.05) is 20.2 Å². The predicted octanol–water partition coefficient (Wildman–Crippen LogP) is 2.95. The fourth-order valence-corrected chi connectivity index (χ4v) is 5.09. The predicted molar refractivity (Wildman–Crippen MR) is 84.2 cm³/mol. The summed E-state index contributed by atoms with van der Waals surface area (Å²) in [5.41, 5.74) is 7.95. The summed E-state index contributed by atoms with van der Waals surface area (Å²) in [6, 6.07) is 2.81. The smallest absolute Gasteiger partial charge is 0.0572 e. The zero-order chi connectivity index (χ0) is 14.2. The Kier molecular flexibility index (Phi) is 4.18. The monoisotopic (exact) mass is 294 g/mol.